The zero-order valence-corrected chi connectivity index (χ0v) is 15.1. The second-order valence-electron chi connectivity index (χ2n) is 6.14. The summed E-state index contributed by atoms with van der Waals surface area (Å²) in [7, 11) is -2.53. The van der Waals surface area contributed by atoms with Crippen molar-refractivity contribution in [3.63, 3.8) is 0 Å². The second-order valence-corrected chi connectivity index (χ2v) is 10.9. The van der Waals surface area contributed by atoms with Gasteiger partial charge in [0.15, 0.2) is 0 Å². The number of hydrogen-bond donors (Lipinski definition) is 1. The highest BCUT2D eigenvalue weighted by Gasteiger charge is 2.40. The molecule has 1 unspecified atom stereocenters. The zero-order valence-electron chi connectivity index (χ0n) is 13.3. The molecule has 1 nitrogen and oxygen atoms in total. The van der Waals surface area contributed by atoms with Gasteiger partial charge in [0.05, 0.1) is 5.57 Å². The highest BCUT2D eigenvalue weighted by atomic mass is 35.5. The van der Waals surface area contributed by atoms with Crippen LogP contribution in [0.25, 0.3) is 0 Å². The Labute approximate surface area is 145 Å². The molecule has 0 heterocycles. The SMILES string of the molecule is C[Si](C)(/C=C(/C(O)c1ccc(Cl)cc1)C(F)(F)F)c1ccccc1. The van der Waals surface area contributed by atoms with Crippen molar-refractivity contribution in [2.75, 3.05) is 0 Å². The Morgan fingerprint density at radius 3 is 2.08 bits per heavy atom. The van der Waals surface area contributed by atoms with E-state index in [0.717, 1.165) is 5.19 Å². The maximum Gasteiger partial charge on any atom is 0.414 e. The number of aliphatic hydroxyl groups excluding tert-OH is 1. The molecule has 0 aliphatic rings. The standard InChI is InChI=1S/C18H18ClF3OSi/c1-24(2,15-6-4-3-5-7-15)12-16(18(20,21)22)17(23)13-8-10-14(19)11-9-13/h3-12,17,23H,1-2H3/b16-12-. The Kier molecular flexibility index (Phi) is 5.58. The van der Waals surface area contributed by atoms with E-state index in [9.17, 15) is 18.3 Å². The first-order valence-corrected chi connectivity index (χ1v) is 10.9. The van der Waals surface area contributed by atoms with E-state index in [0.29, 0.717) is 5.02 Å². The van der Waals surface area contributed by atoms with Crippen molar-refractivity contribution >= 4 is 24.9 Å². The lowest BCUT2D eigenvalue weighted by Crippen LogP contribution is -2.41. The van der Waals surface area contributed by atoms with E-state index in [1.54, 1.807) is 12.1 Å². The first-order chi connectivity index (χ1) is 11.1. The van der Waals surface area contributed by atoms with E-state index in [1.807, 2.05) is 31.3 Å². The normalized spacial score (nSPS) is 14.5. The zero-order chi connectivity index (χ0) is 18.0. The molecule has 6 heteroatoms. The van der Waals surface area contributed by atoms with Gasteiger partial charge in [-0.15, -0.1) is 0 Å². The number of hydrogen-bond acceptors (Lipinski definition) is 1. The van der Waals surface area contributed by atoms with E-state index in [4.69, 9.17) is 11.6 Å². The van der Waals surface area contributed by atoms with Crippen LogP contribution in [0.4, 0.5) is 13.2 Å². The fraction of sp³-hybridized carbons (Fsp3) is 0.222. The molecular formula is C18H18ClF3OSi. The molecule has 0 aliphatic carbocycles. The third kappa shape index (κ3) is 4.50. The molecule has 0 saturated carbocycles. The predicted octanol–water partition coefficient (Wildman–Crippen LogP) is 5.02. The van der Waals surface area contributed by atoms with Crippen LogP contribution in [0.2, 0.25) is 18.1 Å². The summed E-state index contributed by atoms with van der Waals surface area (Å²) in [5, 5.41) is 11.6. The molecular weight excluding hydrogens is 353 g/mol. The molecule has 0 amide bonds. The van der Waals surface area contributed by atoms with Gasteiger partial charge in [-0.25, -0.2) is 0 Å². The number of aliphatic hydroxyl groups is 1. The van der Waals surface area contributed by atoms with Crippen LogP contribution in [0.15, 0.2) is 65.9 Å². The Morgan fingerprint density at radius 2 is 1.58 bits per heavy atom. The summed E-state index contributed by atoms with van der Waals surface area (Å²) in [5.74, 6) is 0. The van der Waals surface area contributed by atoms with Crippen LogP contribution in [-0.4, -0.2) is 19.4 Å². The smallest absolute Gasteiger partial charge is 0.384 e. The molecule has 1 atom stereocenters. The molecule has 0 bridgehead atoms. The molecule has 0 spiro atoms. The number of alkyl halides is 3. The van der Waals surface area contributed by atoms with Crippen LogP contribution in [0.3, 0.4) is 0 Å². The van der Waals surface area contributed by atoms with E-state index in [2.05, 4.69) is 0 Å². The summed E-state index contributed by atoms with van der Waals surface area (Å²) in [5.41, 5.74) is 0.466. The van der Waals surface area contributed by atoms with Crippen LogP contribution in [0.5, 0.6) is 0 Å². The average molecular weight is 371 g/mol. The highest BCUT2D eigenvalue weighted by molar-refractivity contribution is 6.94. The van der Waals surface area contributed by atoms with E-state index >= 15 is 0 Å². The summed E-state index contributed by atoms with van der Waals surface area (Å²) in [6.45, 7) is 3.64. The van der Waals surface area contributed by atoms with Crippen LogP contribution >= 0.6 is 11.6 Å². The van der Waals surface area contributed by atoms with Gasteiger partial charge in [-0.2, -0.15) is 13.2 Å². The van der Waals surface area contributed by atoms with Gasteiger partial charge in [-0.05, 0) is 17.7 Å². The first kappa shape index (κ1) is 18.8. The van der Waals surface area contributed by atoms with Crippen molar-refractivity contribution in [3.05, 3.63) is 76.5 Å². The molecule has 24 heavy (non-hydrogen) atoms. The Hall–Kier alpha value is -1.56. The monoisotopic (exact) mass is 370 g/mol. The highest BCUT2D eigenvalue weighted by Crippen LogP contribution is 2.37. The van der Waals surface area contributed by atoms with Crippen molar-refractivity contribution in [3.8, 4) is 0 Å². The quantitative estimate of drug-likeness (QED) is 0.749. The Bertz CT molecular complexity index is 709. The van der Waals surface area contributed by atoms with Crippen molar-refractivity contribution in [2.45, 2.75) is 25.4 Å². The Balaban J connectivity index is 2.47. The molecule has 0 aliphatic heterocycles. The molecule has 2 aromatic carbocycles. The third-order valence-electron chi connectivity index (χ3n) is 3.84. The lowest BCUT2D eigenvalue weighted by Gasteiger charge is -2.25. The molecule has 2 aromatic rings. The number of halogens is 4. The fourth-order valence-corrected chi connectivity index (χ4v) is 4.92. The summed E-state index contributed by atoms with van der Waals surface area (Å²) in [4.78, 5) is 0. The third-order valence-corrected chi connectivity index (χ3v) is 6.95. The van der Waals surface area contributed by atoms with Gasteiger partial charge in [0.25, 0.3) is 0 Å². The minimum absolute atomic E-state index is 0.167. The van der Waals surface area contributed by atoms with Crippen molar-refractivity contribution in [1.29, 1.82) is 0 Å². The molecule has 0 aromatic heterocycles. The lowest BCUT2D eigenvalue weighted by atomic mass is 10.0. The molecule has 2 rings (SSSR count). The van der Waals surface area contributed by atoms with E-state index in [1.165, 1.54) is 30.0 Å². The Morgan fingerprint density at radius 1 is 1.04 bits per heavy atom. The van der Waals surface area contributed by atoms with Crippen LogP contribution in [-0.2, 0) is 0 Å². The van der Waals surface area contributed by atoms with E-state index < -0.39 is 25.9 Å². The van der Waals surface area contributed by atoms with Crippen LogP contribution in [0, 0.1) is 0 Å². The van der Waals surface area contributed by atoms with Crippen molar-refractivity contribution < 1.29 is 18.3 Å². The second kappa shape index (κ2) is 7.13. The van der Waals surface area contributed by atoms with Crippen molar-refractivity contribution in [2.24, 2.45) is 0 Å². The van der Waals surface area contributed by atoms with Gasteiger partial charge in [0.2, 0.25) is 0 Å². The van der Waals surface area contributed by atoms with Gasteiger partial charge in [-0.1, -0.05) is 78.0 Å². The lowest BCUT2D eigenvalue weighted by molar-refractivity contribution is -0.105. The first-order valence-electron chi connectivity index (χ1n) is 7.40. The van der Waals surface area contributed by atoms with Crippen LogP contribution in [0.1, 0.15) is 11.7 Å². The number of rotatable bonds is 4. The molecule has 0 saturated heterocycles. The maximum absolute atomic E-state index is 13.5. The maximum atomic E-state index is 13.5. The van der Waals surface area contributed by atoms with Gasteiger partial charge in [0.1, 0.15) is 14.2 Å². The minimum Gasteiger partial charge on any atom is -0.384 e. The summed E-state index contributed by atoms with van der Waals surface area (Å²) in [6, 6.07) is 14.8. The molecule has 0 fully saturated rings. The van der Waals surface area contributed by atoms with Gasteiger partial charge < -0.3 is 5.11 Å². The average Bonchev–Trinajstić information content (AvgIpc) is 2.52. The largest absolute Gasteiger partial charge is 0.414 e. The van der Waals surface area contributed by atoms with E-state index in [-0.39, 0.29) is 5.56 Å². The van der Waals surface area contributed by atoms with Gasteiger partial charge in [-0.3, -0.25) is 0 Å². The predicted molar refractivity (Wildman–Crippen MR) is 94.1 cm³/mol. The fourth-order valence-electron chi connectivity index (χ4n) is 2.48. The van der Waals surface area contributed by atoms with Gasteiger partial charge >= 0.3 is 6.18 Å². The van der Waals surface area contributed by atoms with Crippen molar-refractivity contribution in [1.82, 2.24) is 0 Å². The van der Waals surface area contributed by atoms with Gasteiger partial charge in [0, 0.05) is 5.02 Å². The summed E-state index contributed by atoms with van der Waals surface area (Å²) < 4.78 is 40.6. The summed E-state index contributed by atoms with van der Waals surface area (Å²) in [6.07, 6.45) is -6.35. The molecule has 128 valence electrons. The van der Waals surface area contributed by atoms with Crippen LogP contribution < -0.4 is 5.19 Å². The summed E-state index contributed by atoms with van der Waals surface area (Å²) >= 11 is 5.76. The molecule has 0 radical (unpaired) electrons. The topological polar surface area (TPSA) is 20.2 Å². The number of benzene rings is 2. The molecule has 1 N–H and O–H groups in total. The minimum atomic E-state index is -4.61.